The largest absolute Gasteiger partial charge is 0.416 e. The van der Waals surface area contributed by atoms with Crippen molar-refractivity contribution in [3.05, 3.63) is 65.2 Å². The third-order valence-electron chi connectivity index (χ3n) is 3.44. The monoisotopic (exact) mass is 350 g/mol. The Kier molecular flexibility index (Phi) is 5.46. The number of benzene rings is 2. The summed E-state index contributed by atoms with van der Waals surface area (Å²) in [6.45, 7) is 0. The number of anilines is 1. The number of amides is 2. The van der Waals surface area contributed by atoms with E-state index in [9.17, 15) is 22.8 Å². The minimum atomic E-state index is -4.44. The van der Waals surface area contributed by atoms with Gasteiger partial charge in [0.15, 0.2) is 0 Å². The summed E-state index contributed by atoms with van der Waals surface area (Å²) in [6, 6.07) is 10.9. The smallest absolute Gasteiger partial charge is 0.345 e. The van der Waals surface area contributed by atoms with Crippen LogP contribution in [0.1, 0.15) is 21.5 Å². The van der Waals surface area contributed by atoms with Crippen LogP contribution in [0.2, 0.25) is 0 Å². The zero-order valence-corrected chi connectivity index (χ0v) is 13.7. The summed E-state index contributed by atoms with van der Waals surface area (Å²) in [5.41, 5.74) is 0.421. The Hall–Kier alpha value is -2.83. The van der Waals surface area contributed by atoms with Gasteiger partial charge in [0.25, 0.3) is 5.91 Å². The van der Waals surface area contributed by atoms with Gasteiger partial charge < -0.3 is 10.2 Å². The Morgan fingerprint density at radius 2 is 1.68 bits per heavy atom. The van der Waals surface area contributed by atoms with Crippen LogP contribution in [0.25, 0.3) is 0 Å². The lowest BCUT2D eigenvalue weighted by molar-refractivity contribution is -0.137. The van der Waals surface area contributed by atoms with E-state index in [1.54, 1.807) is 38.4 Å². The Balaban J connectivity index is 2.02. The van der Waals surface area contributed by atoms with E-state index in [-0.39, 0.29) is 17.9 Å². The first kappa shape index (κ1) is 18.5. The third kappa shape index (κ3) is 5.07. The molecule has 7 heteroatoms. The minimum Gasteiger partial charge on any atom is -0.345 e. The maximum Gasteiger partial charge on any atom is 0.416 e. The molecule has 0 fully saturated rings. The molecule has 0 aromatic heterocycles. The lowest BCUT2D eigenvalue weighted by Gasteiger charge is -2.11. The fourth-order valence-electron chi connectivity index (χ4n) is 2.20. The van der Waals surface area contributed by atoms with Gasteiger partial charge in [-0.05, 0) is 35.9 Å². The molecule has 2 rings (SSSR count). The summed E-state index contributed by atoms with van der Waals surface area (Å²) >= 11 is 0. The SMILES string of the molecule is CN(C)C(=O)c1ccc(NC(=O)Cc2cccc(C(F)(F)F)c2)cc1. The van der Waals surface area contributed by atoms with Crippen LogP contribution in [-0.4, -0.2) is 30.8 Å². The van der Waals surface area contributed by atoms with E-state index in [2.05, 4.69) is 5.32 Å². The fourth-order valence-corrected chi connectivity index (χ4v) is 2.20. The normalized spacial score (nSPS) is 11.1. The molecule has 25 heavy (non-hydrogen) atoms. The summed E-state index contributed by atoms with van der Waals surface area (Å²) in [7, 11) is 3.26. The number of carbonyl (C=O) groups is 2. The number of nitrogens with one attached hydrogen (secondary N) is 1. The average molecular weight is 350 g/mol. The molecule has 0 aliphatic heterocycles. The lowest BCUT2D eigenvalue weighted by atomic mass is 10.1. The van der Waals surface area contributed by atoms with Crippen molar-refractivity contribution in [3.8, 4) is 0 Å². The molecule has 0 radical (unpaired) electrons. The molecule has 0 saturated heterocycles. The van der Waals surface area contributed by atoms with Crippen molar-refractivity contribution in [3.63, 3.8) is 0 Å². The molecule has 132 valence electrons. The Bertz CT molecular complexity index is 769. The summed E-state index contributed by atoms with van der Waals surface area (Å²) in [6.07, 6.45) is -4.62. The van der Waals surface area contributed by atoms with E-state index in [1.165, 1.54) is 17.0 Å². The van der Waals surface area contributed by atoms with E-state index in [0.29, 0.717) is 11.3 Å². The van der Waals surface area contributed by atoms with Gasteiger partial charge in [0.1, 0.15) is 0 Å². The summed E-state index contributed by atoms with van der Waals surface area (Å²) in [4.78, 5) is 25.2. The average Bonchev–Trinajstić information content (AvgIpc) is 2.54. The second kappa shape index (κ2) is 7.38. The molecule has 0 heterocycles. The van der Waals surface area contributed by atoms with Gasteiger partial charge >= 0.3 is 6.18 Å². The van der Waals surface area contributed by atoms with E-state index >= 15 is 0 Å². The highest BCUT2D eigenvalue weighted by Gasteiger charge is 2.30. The Morgan fingerprint density at radius 3 is 2.24 bits per heavy atom. The number of carbonyl (C=O) groups excluding carboxylic acids is 2. The van der Waals surface area contributed by atoms with E-state index in [4.69, 9.17) is 0 Å². The van der Waals surface area contributed by atoms with Crippen molar-refractivity contribution in [2.75, 3.05) is 19.4 Å². The summed E-state index contributed by atoms with van der Waals surface area (Å²) in [5, 5.41) is 2.60. The van der Waals surface area contributed by atoms with Crippen LogP contribution >= 0.6 is 0 Å². The molecule has 2 aromatic carbocycles. The van der Waals surface area contributed by atoms with Crippen molar-refractivity contribution in [2.45, 2.75) is 12.6 Å². The van der Waals surface area contributed by atoms with E-state index in [0.717, 1.165) is 12.1 Å². The van der Waals surface area contributed by atoms with Crippen molar-refractivity contribution >= 4 is 17.5 Å². The lowest BCUT2D eigenvalue weighted by Crippen LogP contribution is -2.21. The second-order valence-corrected chi connectivity index (χ2v) is 5.70. The standard InChI is InChI=1S/C18H17F3N2O2/c1-23(2)17(25)13-6-8-15(9-7-13)22-16(24)11-12-4-3-5-14(10-12)18(19,20)21/h3-10H,11H2,1-2H3,(H,22,24). The molecule has 2 amide bonds. The summed E-state index contributed by atoms with van der Waals surface area (Å²) in [5.74, 6) is -0.604. The van der Waals surface area contributed by atoms with Gasteiger partial charge in [-0.15, -0.1) is 0 Å². The Labute approximate surface area is 143 Å². The molecule has 0 aliphatic rings. The van der Waals surface area contributed by atoms with Gasteiger partial charge in [-0.2, -0.15) is 13.2 Å². The number of hydrogen-bond acceptors (Lipinski definition) is 2. The Morgan fingerprint density at radius 1 is 1.04 bits per heavy atom. The summed E-state index contributed by atoms with van der Waals surface area (Å²) < 4.78 is 38.0. The number of nitrogens with zero attached hydrogens (tertiary/aromatic N) is 1. The van der Waals surface area contributed by atoms with Crippen molar-refractivity contribution in [1.82, 2.24) is 4.90 Å². The van der Waals surface area contributed by atoms with Crippen molar-refractivity contribution in [1.29, 1.82) is 0 Å². The fraction of sp³-hybridized carbons (Fsp3) is 0.222. The highest BCUT2D eigenvalue weighted by Crippen LogP contribution is 2.29. The molecule has 1 N–H and O–H groups in total. The molecule has 2 aromatic rings. The molecular weight excluding hydrogens is 333 g/mol. The molecular formula is C18H17F3N2O2. The van der Waals surface area contributed by atoms with E-state index < -0.39 is 17.6 Å². The number of alkyl halides is 3. The minimum absolute atomic E-state index is 0.165. The quantitative estimate of drug-likeness (QED) is 0.916. The maximum atomic E-state index is 12.7. The van der Waals surface area contributed by atoms with Gasteiger partial charge in [0.2, 0.25) is 5.91 Å². The van der Waals surface area contributed by atoms with Crippen LogP contribution in [-0.2, 0) is 17.4 Å². The number of rotatable bonds is 4. The van der Waals surface area contributed by atoms with E-state index in [1.807, 2.05) is 0 Å². The van der Waals surface area contributed by atoms with Crippen LogP contribution in [0, 0.1) is 0 Å². The number of halogens is 3. The molecule has 0 aliphatic carbocycles. The van der Waals surface area contributed by atoms with Gasteiger partial charge in [0.05, 0.1) is 12.0 Å². The molecule has 0 atom stereocenters. The predicted octanol–water partition coefficient (Wildman–Crippen LogP) is 3.59. The van der Waals surface area contributed by atoms with Crippen LogP contribution in [0.5, 0.6) is 0 Å². The predicted molar refractivity (Wildman–Crippen MR) is 88.2 cm³/mol. The van der Waals surface area contributed by atoms with Crippen LogP contribution in [0.4, 0.5) is 18.9 Å². The first-order valence-corrected chi connectivity index (χ1v) is 7.44. The van der Waals surface area contributed by atoms with Crippen molar-refractivity contribution in [2.24, 2.45) is 0 Å². The first-order chi connectivity index (χ1) is 11.7. The molecule has 0 spiro atoms. The molecule has 0 saturated carbocycles. The van der Waals surface area contributed by atoms with Crippen LogP contribution < -0.4 is 5.32 Å². The van der Waals surface area contributed by atoms with Gasteiger partial charge in [-0.3, -0.25) is 9.59 Å². The first-order valence-electron chi connectivity index (χ1n) is 7.44. The third-order valence-corrected chi connectivity index (χ3v) is 3.44. The maximum absolute atomic E-state index is 12.7. The zero-order chi connectivity index (χ0) is 18.6. The molecule has 4 nitrogen and oxygen atoms in total. The van der Waals surface area contributed by atoms with Crippen LogP contribution in [0.3, 0.4) is 0 Å². The highest BCUT2D eigenvalue weighted by atomic mass is 19.4. The van der Waals surface area contributed by atoms with Crippen LogP contribution in [0.15, 0.2) is 48.5 Å². The zero-order valence-electron chi connectivity index (χ0n) is 13.7. The molecule has 0 unspecified atom stereocenters. The topological polar surface area (TPSA) is 49.4 Å². The second-order valence-electron chi connectivity index (χ2n) is 5.70. The van der Waals surface area contributed by atoms with Crippen molar-refractivity contribution < 1.29 is 22.8 Å². The number of hydrogen-bond donors (Lipinski definition) is 1. The van der Waals surface area contributed by atoms with Gasteiger partial charge in [0, 0.05) is 25.3 Å². The highest BCUT2D eigenvalue weighted by molar-refractivity contribution is 5.96. The molecule has 0 bridgehead atoms. The van der Waals surface area contributed by atoms with Gasteiger partial charge in [-0.1, -0.05) is 18.2 Å². The van der Waals surface area contributed by atoms with Gasteiger partial charge in [-0.25, -0.2) is 0 Å².